The van der Waals surface area contributed by atoms with Crippen molar-refractivity contribution in [2.75, 3.05) is 13.2 Å². The van der Waals surface area contributed by atoms with E-state index in [2.05, 4.69) is 47.2 Å². The Hall–Kier alpha value is -2.95. The van der Waals surface area contributed by atoms with E-state index >= 15 is 0 Å². The van der Waals surface area contributed by atoms with Crippen LogP contribution in [0.5, 0.6) is 5.75 Å². The fourth-order valence-corrected chi connectivity index (χ4v) is 4.20. The van der Waals surface area contributed by atoms with E-state index in [-0.39, 0.29) is 0 Å². The van der Waals surface area contributed by atoms with Gasteiger partial charge in [0.1, 0.15) is 5.75 Å². The molecule has 1 heterocycles. The van der Waals surface area contributed by atoms with Gasteiger partial charge >= 0.3 is 6.09 Å². The Morgan fingerprint density at radius 3 is 2.65 bits per heavy atom. The SMILES string of the molecule is CC.CCOc1ccc2c(C)c(C3=CC=C(NC(=O)OCC(C)C)C=CC3)n(CC3CC3)c2c1. The molecule has 1 aromatic carbocycles. The van der Waals surface area contributed by atoms with Gasteiger partial charge in [-0.05, 0) is 80.4 Å². The summed E-state index contributed by atoms with van der Waals surface area (Å²) >= 11 is 0. The Balaban J connectivity index is 0.00000158. The Kier molecular flexibility index (Phi) is 9.03. The second kappa shape index (κ2) is 12.0. The van der Waals surface area contributed by atoms with E-state index in [1.807, 2.05) is 46.8 Å². The lowest BCUT2D eigenvalue weighted by atomic mass is 10.0. The highest BCUT2D eigenvalue weighted by molar-refractivity contribution is 5.91. The van der Waals surface area contributed by atoms with Gasteiger partial charge in [-0.3, -0.25) is 5.32 Å². The van der Waals surface area contributed by atoms with E-state index in [1.165, 1.54) is 40.6 Å². The molecule has 2 aliphatic carbocycles. The van der Waals surface area contributed by atoms with Crippen molar-refractivity contribution < 1.29 is 14.3 Å². The minimum absolute atomic E-state index is 0.311. The minimum Gasteiger partial charge on any atom is -0.494 e. The van der Waals surface area contributed by atoms with Crippen LogP contribution in [0.15, 0.2) is 48.2 Å². The van der Waals surface area contributed by atoms with Gasteiger partial charge in [-0.25, -0.2) is 4.79 Å². The normalized spacial score (nSPS) is 15.3. The summed E-state index contributed by atoms with van der Waals surface area (Å²) in [5.74, 6) is 1.98. The van der Waals surface area contributed by atoms with E-state index in [9.17, 15) is 4.79 Å². The highest BCUT2D eigenvalue weighted by Crippen LogP contribution is 2.39. The molecule has 34 heavy (non-hydrogen) atoms. The number of alkyl carbamates (subject to hydrolysis) is 1. The number of benzene rings is 1. The largest absolute Gasteiger partial charge is 0.494 e. The monoisotopic (exact) mass is 464 g/mol. The number of aromatic nitrogens is 1. The third-order valence-corrected chi connectivity index (χ3v) is 5.94. The van der Waals surface area contributed by atoms with Crippen molar-refractivity contribution in [1.29, 1.82) is 0 Å². The summed E-state index contributed by atoms with van der Waals surface area (Å²) < 4.78 is 13.5. The fraction of sp³-hybridized carbons (Fsp3) is 0.483. The molecule has 2 aromatic rings. The number of amides is 1. The van der Waals surface area contributed by atoms with Crippen LogP contribution >= 0.6 is 0 Å². The third kappa shape index (κ3) is 6.34. The van der Waals surface area contributed by atoms with Crippen molar-refractivity contribution >= 4 is 22.6 Å². The predicted octanol–water partition coefficient (Wildman–Crippen LogP) is 7.39. The number of allylic oxidation sites excluding steroid dienone is 5. The lowest BCUT2D eigenvalue weighted by Crippen LogP contribution is -2.24. The molecule has 4 rings (SSSR count). The topological polar surface area (TPSA) is 52.5 Å². The van der Waals surface area contributed by atoms with E-state index in [0.717, 1.165) is 30.3 Å². The number of hydrogen-bond acceptors (Lipinski definition) is 3. The molecule has 0 atom stereocenters. The van der Waals surface area contributed by atoms with Crippen LogP contribution in [-0.2, 0) is 11.3 Å². The van der Waals surface area contributed by atoms with Crippen LogP contribution in [0.25, 0.3) is 16.5 Å². The zero-order chi connectivity index (χ0) is 24.7. The molecule has 5 heteroatoms. The fourth-order valence-electron chi connectivity index (χ4n) is 4.20. The summed E-state index contributed by atoms with van der Waals surface area (Å²) in [6.07, 6.45) is 11.2. The van der Waals surface area contributed by atoms with Crippen LogP contribution in [-0.4, -0.2) is 23.9 Å². The molecule has 0 aliphatic heterocycles. The molecule has 184 valence electrons. The van der Waals surface area contributed by atoms with Crippen LogP contribution in [0.4, 0.5) is 4.79 Å². The maximum Gasteiger partial charge on any atom is 0.411 e. The van der Waals surface area contributed by atoms with Gasteiger partial charge in [0.15, 0.2) is 0 Å². The standard InChI is InChI=1S/C27H34N2O3.C2H6/c1-5-31-23-13-14-24-19(4)26(29(25(24)15-23)16-20-9-10-20)21-7-6-8-22(12-11-21)28-27(30)32-17-18(2)3;1-2/h6,8,11-15,18,20H,5,7,9-10,16-17H2,1-4H3,(H,28,30);1-2H3. The highest BCUT2D eigenvalue weighted by atomic mass is 16.5. The van der Waals surface area contributed by atoms with Gasteiger partial charge in [-0.15, -0.1) is 0 Å². The quantitative estimate of drug-likeness (QED) is 0.443. The molecule has 2 aliphatic rings. The molecular weight excluding hydrogens is 424 g/mol. The number of fused-ring (bicyclic) bond motifs is 1. The average Bonchev–Trinajstić information content (AvgIpc) is 3.63. The Morgan fingerprint density at radius 1 is 1.21 bits per heavy atom. The van der Waals surface area contributed by atoms with Gasteiger partial charge in [0.25, 0.3) is 0 Å². The summed E-state index contributed by atoms with van der Waals surface area (Å²) in [5.41, 5.74) is 5.81. The number of carbonyl (C=O) groups excluding carboxylic acids is 1. The number of hydrogen-bond donors (Lipinski definition) is 1. The molecule has 0 bridgehead atoms. The van der Waals surface area contributed by atoms with Crippen molar-refractivity contribution in [3.05, 3.63) is 59.5 Å². The van der Waals surface area contributed by atoms with E-state index in [1.54, 1.807) is 0 Å². The Labute approximate surface area is 204 Å². The van der Waals surface area contributed by atoms with E-state index in [4.69, 9.17) is 9.47 Å². The number of rotatable bonds is 8. The maximum atomic E-state index is 12.1. The minimum atomic E-state index is -0.408. The van der Waals surface area contributed by atoms with E-state index < -0.39 is 6.09 Å². The van der Waals surface area contributed by atoms with Crippen molar-refractivity contribution in [1.82, 2.24) is 9.88 Å². The number of ether oxygens (including phenoxy) is 2. The van der Waals surface area contributed by atoms with Crippen LogP contribution in [0.1, 0.15) is 65.1 Å². The van der Waals surface area contributed by atoms with Crippen LogP contribution in [0, 0.1) is 18.8 Å². The first-order valence-corrected chi connectivity index (χ1v) is 12.7. The summed E-state index contributed by atoms with van der Waals surface area (Å²) in [7, 11) is 0. The van der Waals surface area contributed by atoms with Crippen molar-refractivity contribution in [3.8, 4) is 5.75 Å². The Bertz CT molecular complexity index is 1080. The molecule has 0 unspecified atom stereocenters. The smallest absolute Gasteiger partial charge is 0.411 e. The zero-order valence-electron chi connectivity index (χ0n) is 21.6. The van der Waals surface area contributed by atoms with Crippen molar-refractivity contribution in [2.45, 2.75) is 67.3 Å². The van der Waals surface area contributed by atoms with Crippen molar-refractivity contribution in [2.24, 2.45) is 11.8 Å². The number of nitrogens with zero attached hydrogens (tertiary/aromatic N) is 1. The first-order chi connectivity index (χ1) is 16.5. The van der Waals surface area contributed by atoms with Gasteiger partial charge < -0.3 is 14.0 Å². The molecule has 1 aromatic heterocycles. The van der Waals surface area contributed by atoms with Gasteiger partial charge in [0.05, 0.1) is 18.7 Å². The van der Waals surface area contributed by atoms with Gasteiger partial charge in [-0.2, -0.15) is 0 Å². The maximum absolute atomic E-state index is 12.1. The van der Waals surface area contributed by atoms with Crippen LogP contribution in [0.3, 0.4) is 0 Å². The molecule has 1 saturated carbocycles. The molecule has 0 saturated heterocycles. The molecule has 5 nitrogen and oxygen atoms in total. The number of nitrogens with one attached hydrogen (secondary N) is 1. The number of aryl methyl sites for hydroxylation is 1. The van der Waals surface area contributed by atoms with Gasteiger partial charge in [0, 0.05) is 29.4 Å². The van der Waals surface area contributed by atoms with E-state index in [0.29, 0.717) is 19.1 Å². The van der Waals surface area contributed by atoms with Crippen LogP contribution < -0.4 is 10.1 Å². The summed E-state index contributed by atoms with van der Waals surface area (Å²) in [4.78, 5) is 12.1. The average molecular weight is 465 g/mol. The first-order valence-electron chi connectivity index (χ1n) is 12.7. The van der Waals surface area contributed by atoms with Crippen molar-refractivity contribution in [3.63, 3.8) is 0 Å². The second-order valence-electron chi connectivity index (χ2n) is 9.18. The van der Waals surface area contributed by atoms with Gasteiger partial charge in [0.2, 0.25) is 0 Å². The molecule has 0 radical (unpaired) electrons. The molecular formula is C29H40N2O3. The molecule has 1 N–H and O–H groups in total. The summed E-state index contributed by atoms with van der Waals surface area (Å²) in [6, 6.07) is 6.43. The zero-order valence-corrected chi connectivity index (χ0v) is 21.6. The van der Waals surface area contributed by atoms with Crippen LogP contribution in [0.2, 0.25) is 0 Å². The lowest BCUT2D eigenvalue weighted by Gasteiger charge is -2.13. The molecule has 0 spiro atoms. The third-order valence-electron chi connectivity index (χ3n) is 5.94. The highest BCUT2D eigenvalue weighted by Gasteiger charge is 2.26. The predicted molar refractivity (Wildman–Crippen MR) is 141 cm³/mol. The lowest BCUT2D eigenvalue weighted by molar-refractivity contribution is 0.136. The second-order valence-corrected chi connectivity index (χ2v) is 9.18. The van der Waals surface area contributed by atoms with Gasteiger partial charge in [-0.1, -0.05) is 39.8 Å². The Morgan fingerprint density at radius 2 is 1.97 bits per heavy atom. The molecule has 1 fully saturated rings. The summed E-state index contributed by atoms with van der Waals surface area (Å²) in [6.45, 7) is 14.4. The summed E-state index contributed by atoms with van der Waals surface area (Å²) in [5, 5.41) is 4.13. The molecule has 1 amide bonds. The first kappa shape index (κ1) is 25.7. The number of carbonyl (C=O) groups is 1.